The standard InChI is InChI=1S/C10H23N3O2.C3H8.C2H6/c1-12-7-4-2-3-5-8-13-10(14)15-9-6-11;1-3-2;1-2/h12H,2-9,11H2,1H3,(H,13,14);3H2,1-2H3;1-2H3. The maximum atomic E-state index is 10.9. The molecule has 0 aromatic heterocycles. The molecule has 5 heteroatoms. The summed E-state index contributed by atoms with van der Waals surface area (Å²) in [7, 11) is 1.95. The summed E-state index contributed by atoms with van der Waals surface area (Å²) in [6.45, 7) is 10.7. The number of carbonyl (C=O) groups is 1. The lowest BCUT2D eigenvalue weighted by Gasteiger charge is -2.05. The normalized spacial score (nSPS) is 8.70. The fourth-order valence-electron chi connectivity index (χ4n) is 1.17. The van der Waals surface area contributed by atoms with E-state index in [4.69, 9.17) is 10.5 Å². The van der Waals surface area contributed by atoms with Gasteiger partial charge >= 0.3 is 6.09 Å². The molecule has 0 atom stereocenters. The van der Waals surface area contributed by atoms with E-state index in [2.05, 4.69) is 24.5 Å². The SMILES string of the molecule is CC.CCC.CNCCCCCCNC(=O)OCCN. The van der Waals surface area contributed by atoms with Gasteiger partial charge in [-0.3, -0.25) is 0 Å². The fraction of sp³-hybridized carbons (Fsp3) is 0.933. The molecule has 0 spiro atoms. The molecule has 0 radical (unpaired) electrons. The highest BCUT2D eigenvalue weighted by atomic mass is 16.5. The Morgan fingerprint density at radius 3 is 2.00 bits per heavy atom. The van der Waals surface area contributed by atoms with Crippen molar-refractivity contribution in [3.8, 4) is 0 Å². The molecule has 1 amide bonds. The Morgan fingerprint density at radius 1 is 1.05 bits per heavy atom. The molecular weight excluding hydrogens is 254 g/mol. The quantitative estimate of drug-likeness (QED) is 0.571. The van der Waals surface area contributed by atoms with Crippen molar-refractivity contribution in [1.29, 1.82) is 0 Å². The van der Waals surface area contributed by atoms with E-state index >= 15 is 0 Å². The van der Waals surface area contributed by atoms with E-state index in [1.165, 1.54) is 19.3 Å². The van der Waals surface area contributed by atoms with Crippen molar-refractivity contribution >= 4 is 6.09 Å². The van der Waals surface area contributed by atoms with Crippen molar-refractivity contribution in [2.24, 2.45) is 5.73 Å². The van der Waals surface area contributed by atoms with Crippen LogP contribution >= 0.6 is 0 Å². The van der Waals surface area contributed by atoms with E-state index in [0.717, 1.165) is 19.4 Å². The van der Waals surface area contributed by atoms with Crippen molar-refractivity contribution < 1.29 is 9.53 Å². The zero-order chi connectivity index (χ0) is 16.1. The summed E-state index contributed by atoms with van der Waals surface area (Å²) in [4.78, 5) is 10.9. The van der Waals surface area contributed by atoms with E-state index in [1.54, 1.807) is 0 Å². The molecule has 0 aliphatic carbocycles. The molecule has 5 nitrogen and oxygen atoms in total. The molecule has 0 fully saturated rings. The highest BCUT2D eigenvalue weighted by molar-refractivity contribution is 5.66. The number of ether oxygens (including phenoxy) is 1. The molecule has 0 saturated carbocycles. The number of nitrogens with two attached hydrogens (primary N) is 1. The second kappa shape index (κ2) is 26.7. The molecule has 0 unspecified atom stereocenters. The van der Waals surface area contributed by atoms with E-state index in [0.29, 0.717) is 13.1 Å². The predicted molar refractivity (Wildman–Crippen MR) is 88.1 cm³/mol. The van der Waals surface area contributed by atoms with Gasteiger partial charge in [0.05, 0.1) is 0 Å². The molecule has 4 N–H and O–H groups in total. The van der Waals surface area contributed by atoms with Gasteiger partial charge in [0, 0.05) is 13.1 Å². The number of unbranched alkanes of at least 4 members (excludes halogenated alkanes) is 3. The Morgan fingerprint density at radius 2 is 1.55 bits per heavy atom. The van der Waals surface area contributed by atoms with Crippen LogP contribution in [0.15, 0.2) is 0 Å². The summed E-state index contributed by atoms with van der Waals surface area (Å²) in [6, 6.07) is 0. The average molecular weight is 291 g/mol. The molecular formula is C15H37N3O2. The van der Waals surface area contributed by atoms with Crippen LogP contribution in [0, 0.1) is 0 Å². The first kappa shape index (κ1) is 24.2. The lowest BCUT2D eigenvalue weighted by Crippen LogP contribution is -2.27. The zero-order valence-electron chi connectivity index (χ0n) is 14.3. The molecule has 0 rings (SSSR count). The Kier molecular flexibility index (Phi) is 32.3. The molecule has 0 saturated heterocycles. The van der Waals surface area contributed by atoms with Crippen LogP contribution in [0.1, 0.15) is 59.8 Å². The van der Waals surface area contributed by atoms with Crippen molar-refractivity contribution in [2.45, 2.75) is 59.8 Å². The van der Waals surface area contributed by atoms with E-state index in [1.807, 2.05) is 20.9 Å². The Labute approximate surface area is 126 Å². The topological polar surface area (TPSA) is 76.4 Å². The number of rotatable bonds is 9. The summed E-state index contributed by atoms with van der Waals surface area (Å²) in [5.41, 5.74) is 5.19. The van der Waals surface area contributed by atoms with Crippen molar-refractivity contribution in [3.63, 3.8) is 0 Å². The minimum absolute atomic E-state index is 0.286. The first-order valence-electron chi connectivity index (χ1n) is 7.98. The van der Waals surface area contributed by atoms with Gasteiger partial charge in [0.1, 0.15) is 6.61 Å². The number of hydrogen-bond acceptors (Lipinski definition) is 4. The molecule has 0 aromatic rings. The molecule has 0 aromatic carbocycles. The van der Waals surface area contributed by atoms with E-state index in [-0.39, 0.29) is 12.7 Å². The average Bonchev–Trinajstić information content (AvgIpc) is 2.47. The summed E-state index contributed by atoms with van der Waals surface area (Å²) < 4.78 is 4.75. The van der Waals surface area contributed by atoms with Crippen molar-refractivity contribution in [1.82, 2.24) is 10.6 Å². The third-order valence-electron chi connectivity index (χ3n) is 1.97. The van der Waals surface area contributed by atoms with E-state index < -0.39 is 0 Å². The van der Waals surface area contributed by atoms with Gasteiger partial charge in [-0.2, -0.15) is 0 Å². The molecule has 0 aliphatic rings. The van der Waals surface area contributed by atoms with Crippen molar-refractivity contribution in [2.75, 3.05) is 33.3 Å². The van der Waals surface area contributed by atoms with Crippen LogP contribution in [0.2, 0.25) is 0 Å². The third-order valence-corrected chi connectivity index (χ3v) is 1.97. The lowest BCUT2D eigenvalue weighted by atomic mass is 10.2. The first-order valence-corrected chi connectivity index (χ1v) is 7.98. The molecule has 124 valence electrons. The molecule has 0 aliphatic heterocycles. The second-order valence-electron chi connectivity index (χ2n) is 4.08. The Hall–Kier alpha value is -0.810. The summed E-state index contributed by atoms with van der Waals surface area (Å²) in [6.07, 6.45) is 5.41. The summed E-state index contributed by atoms with van der Waals surface area (Å²) in [5, 5.41) is 5.77. The van der Waals surface area contributed by atoms with Crippen LogP contribution in [0.3, 0.4) is 0 Å². The van der Waals surface area contributed by atoms with Gasteiger partial charge in [-0.1, -0.05) is 47.0 Å². The van der Waals surface area contributed by atoms with Crippen LogP contribution in [0.4, 0.5) is 4.79 Å². The highest BCUT2D eigenvalue weighted by Gasteiger charge is 1.98. The minimum Gasteiger partial charge on any atom is -0.448 e. The van der Waals surface area contributed by atoms with Crippen LogP contribution in [0.25, 0.3) is 0 Å². The lowest BCUT2D eigenvalue weighted by molar-refractivity contribution is 0.149. The fourth-order valence-corrected chi connectivity index (χ4v) is 1.17. The number of amides is 1. The van der Waals surface area contributed by atoms with Crippen LogP contribution in [-0.2, 0) is 4.74 Å². The first-order chi connectivity index (χ1) is 9.72. The highest BCUT2D eigenvalue weighted by Crippen LogP contribution is 1.97. The van der Waals surface area contributed by atoms with Gasteiger partial charge in [-0.15, -0.1) is 0 Å². The monoisotopic (exact) mass is 291 g/mol. The van der Waals surface area contributed by atoms with Crippen LogP contribution in [0.5, 0.6) is 0 Å². The summed E-state index contributed by atoms with van der Waals surface area (Å²) in [5.74, 6) is 0. The van der Waals surface area contributed by atoms with Crippen LogP contribution < -0.4 is 16.4 Å². The largest absolute Gasteiger partial charge is 0.448 e. The molecule has 0 heterocycles. The molecule has 20 heavy (non-hydrogen) atoms. The smallest absolute Gasteiger partial charge is 0.407 e. The van der Waals surface area contributed by atoms with Gasteiger partial charge in [-0.25, -0.2) is 4.79 Å². The maximum absolute atomic E-state index is 10.9. The number of alkyl carbamates (subject to hydrolysis) is 1. The Balaban J connectivity index is -0.000000505. The van der Waals surface area contributed by atoms with Crippen molar-refractivity contribution in [3.05, 3.63) is 0 Å². The zero-order valence-corrected chi connectivity index (χ0v) is 14.3. The third kappa shape index (κ3) is 30.3. The van der Waals surface area contributed by atoms with E-state index in [9.17, 15) is 4.79 Å². The summed E-state index contributed by atoms with van der Waals surface area (Å²) >= 11 is 0. The predicted octanol–water partition coefficient (Wildman–Crippen LogP) is 2.89. The minimum atomic E-state index is -0.365. The van der Waals surface area contributed by atoms with Gasteiger partial charge in [-0.05, 0) is 26.4 Å². The van der Waals surface area contributed by atoms with Crippen LogP contribution in [-0.4, -0.2) is 39.4 Å². The van der Waals surface area contributed by atoms with Gasteiger partial charge in [0.15, 0.2) is 0 Å². The number of hydrogen-bond donors (Lipinski definition) is 3. The number of carbonyl (C=O) groups excluding carboxylic acids is 1. The molecule has 0 bridgehead atoms. The second-order valence-corrected chi connectivity index (χ2v) is 4.08. The van der Waals surface area contributed by atoms with Gasteiger partial charge < -0.3 is 21.1 Å². The van der Waals surface area contributed by atoms with Gasteiger partial charge in [0.2, 0.25) is 0 Å². The Bertz CT molecular complexity index is 167. The maximum Gasteiger partial charge on any atom is 0.407 e. The number of nitrogens with one attached hydrogen (secondary N) is 2. The van der Waals surface area contributed by atoms with Gasteiger partial charge in [0.25, 0.3) is 0 Å².